The van der Waals surface area contributed by atoms with Crippen molar-refractivity contribution in [1.82, 2.24) is 29.7 Å². The lowest BCUT2D eigenvalue weighted by Crippen LogP contribution is -2.31. The van der Waals surface area contributed by atoms with Crippen LogP contribution in [0.15, 0.2) is 67.0 Å². The summed E-state index contributed by atoms with van der Waals surface area (Å²) in [5.41, 5.74) is 3.38. The lowest BCUT2D eigenvalue weighted by molar-refractivity contribution is -0.655. The van der Waals surface area contributed by atoms with Gasteiger partial charge in [0.05, 0.1) is 5.88 Å². The molecule has 3 heterocycles. The van der Waals surface area contributed by atoms with Crippen molar-refractivity contribution >= 4 is 16.7 Å². The second-order valence-corrected chi connectivity index (χ2v) is 6.21. The van der Waals surface area contributed by atoms with E-state index < -0.39 is 0 Å². The third kappa shape index (κ3) is 2.67. The molecule has 0 atom stereocenters. The molecule has 2 aromatic carbocycles. The van der Waals surface area contributed by atoms with Gasteiger partial charge >= 0.3 is 5.65 Å². The lowest BCUT2D eigenvalue weighted by Gasteiger charge is -2.07. The van der Waals surface area contributed by atoms with Crippen LogP contribution in [0.2, 0.25) is 0 Å². The second-order valence-electron chi connectivity index (χ2n) is 6.21. The first-order chi connectivity index (χ1) is 13.3. The average Bonchev–Trinajstić information content (AvgIpc) is 3.32. The van der Waals surface area contributed by atoms with Crippen molar-refractivity contribution < 1.29 is 9.79 Å². The SMILES string of the molecule is [O-]c1nn2c[n+](-c3ccccc3)nc2c2nnn(CCc3ccccc3)c12. The van der Waals surface area contributed by atoms with Gasteiger partial charge in [-0.1, -0.05) is 68.0 Å². The minimum absolute atomic E-state index is 0.367. The van der Waals surface area contributed by atoms with Gasteiger partial charge in [0, 0.05) is 6.54 Å². The highest BCUT2D eigenvalue weighted by molar-refractivity contribution is 5.89. The second kappa shape index (κ2) is 6.17. The highest BCUT2D eigenvalue weighted by atomic mass is 16.3. The normalized spacial score (nSPS) is 11.4. The van der Waals surface area contributed by atoms with Crippen LogP contribution in [-0.4, -0.2) is 29.7 Å². The van der Waals surface area contributed by atoms with Crippen LogP contribution in [0.3, 0.4) is 0 Å². The zero-order valence-corrected chi connectivity index (χ0v) is 14.3. The maximum atomic E-state index is 12.6. The Balaban J connectivity index is 1.57. The van der Waals surface area contributed by atoms with Crippen LogP contribution in [0, 0.1) is 0 Å². The monoisotopic (exact) mass is 357 g/mol. The summed E-state index contributed by atoms with van der Waals surface area (Å²) in [6, 6.07) is 19.7. The summed E-state index contributed by atoms with van der Waals surface area (Å²) in [5, 5.41) is 29.6. The molecule has 0 aliphatic rings. The molecule has 0 spiro atoms. The van der Waals surface area contributed by atoms with Gasteiger partial charge in [-0.2, -0.15) is 0 Å². The maximum absolute atomic E-state index is 12.6. The van der Waals surface area contributed by atoms with Crippen LogP contribution in [-0.2, 0) is 13.0 Å². The number of hydrogen-bond acceptors (Lipinski definition) is 5. The summed E-state index contributed by atoms with van der Waals surface area (Å²) in [6.07, 6.45) is 2.41. The van der Waals surface area contributed by atoms with Gasteiger partial charge in [0.15, 0.2) is 11.2 Å². The summed E-state index contributed by atoms with van der Waals surface area (Å²) in [6.45, 7) is 0.549. The molecule has 8 nitrogen and oxygen atoms in total. The van der Waals surface area contributed by atoms with E-state index in [0.29, 0.717) is 23.2 Å². The third-order valence-electron chi connectivity index (χ3n) is 4.46. The molecule has 0 amide bonds. The number of rotatable bonds is 4. The van der Waals surface area contributed by atoms with Crippen molar-refractivity contribution in [3.63, 3.8) is 0 Å². The molecule has 8 heteroatoms. The van der Waals surface area contributed by atoms with Gasteiger partial charge in [-0.05, 0) is 29.2 Å². The number of aryl methyl sites for hydroxylation is 2. The van der Waals surface area contributed by atoms with Crippen LogP contribution in [0.25, 0.3) is 22.4 Å². The van der Waals surface area contributed by atoms with Gasteiger partial charge < -0.3 is 5.11 Å². The van der Waals surface area contributed by atoms with Gasteiger partial charge in [-0.25, -0.2) is 4.68 Å². The Labute approximate surface area is 153 Å². The van der Waals surface area contributed by atoms with E-state index in [1.165, 1.54) is 10.1 Å². The van der Waals surface area contributed by atoms with E-state index in [2.05, 4.69) is 20.5 Å². The van der Waals surface area contributed by atoms with Crippen molar-refractivity contribution in [3.05, 3.63) is 72.6 Å². The molecule has 0 saturated carbocycles. The Morgan fingerprint density at radius 3 is 2.48 bits per heavy atom. The standard InChI is InChI=1S/C19H15N7O/c27-19-17-16(20-23-24(17)12-11-14-7-3-1-4-8-14)18-21-25(13-26(18)22-19)15-9-5-2-6-10-15/h1-10,13H,11-12H2. The Kier molecular flexibility index (Phi) is 3.53. The molecule has 5 aromatic rings. The molecule has 27 heavy (non-hydrogen) atoms. The largest absolute Gasteiger partial charge is 0.854 e. The number of para-hydroxylation sites is 1. The minimum atomic E-state index is -0.367. The summed E-state index contributed by atoms with van der Waals surface area (Å²) in [7, 11) is 0. The Morgan fingerprint density at radius 2 is 1.70 bits per heavy atom. The summed E-state index contributed by atoms with van der Waals surface area (Å²) in [5.74, 6) is -0.367. The van der Waals surface area contributed by atoms with E-state index in [-0.39, 0.29) is 5.88 Å². The quantitative estimate of drug-likeness (QED) is 0.449. The summed E-state index contributed by atoms with van der Waals surface area (Å²) < 4.78 is 4.73. The maximum Gasteiger partial charge on any atom is 0.316 e. The van der Waals surface area contributed by atoms with Crippen molar-refractivity contribution in [2.75, 3.05) is 0 Å². The fourth-order valence-corrected chi connectivity index (χ4v) is 3.12. The highest BCUT2D eigenvalue weighted by Gasteiger charge is 2.20. The van der Waals surface area contributed by atoms with E-state index in [1.807, 2.05) is 60.7 Å². The van der Waals surface area contributed by atoms with Gasteiger partial charge in [0.1, 0.15) is 5.52 Å². The molecule has 3 aromatic heterocycles. The first-order valence-corrected chi connectivity index (χ1v) is 8.60. The molecule has 0 N–H and O–H groups in total. The molecule has 0 aliphatic heterocycles. The first kappa shape index (κ1) is 15.4. The molecule has 0 bridgehead atoms. The van der Waals surface area contributed by atoms with Crippen LogP contribution >= 0.6 is 0 Å². The van der Waals surface area contributed by atoms with Crippen molar-refractivity contribution in [3.8, 4) is 11.6 Å². The molecule has 0 saturated heterocycles. The third-order valence-corrected chi connectivity index (χ3v) is 4.46. The number of hydrogen-bond donors (Lipinski definition) is 0. The van der Waals surface area contributed by atoms with Gasteiger partial charge in [0.2, 0.25) is 0 Å². The van der Waals surface area contributed by atoms with Gasteiger partial charge in [0.25, 0.3) is 6.33 Å². The van der Waals surface area contributed by atoms with Gasteiger partial charge in [-0.3, -0.25) is 0 Å². The van der Waals surface area contributed by atoms with Crippen LogP contribution in [0.1, 0.15) is 5.56 Å². The summed E-state index contributed by atoms with van der Waals surface area (Å²) in [4.78, 5) is 0. The molecule has 132 valence electrons. The van der Waals surface area contributed by atoms with E-state index in [1.54, 1.807) is 15.7 Å². The lowest BCUT2D eigenvalue weighted by atomic mass is 10.1. The van der Waals surface area contributed by atoms with Crippen LogP contribution < -0.4 is 9.79 Å². The van der Waals surface area contributed by atoms with Crippen LogP contribution in [0.4, 0.5) is 0 Å². The number of fused-ring (bicyclic) bond motifs is 3. The van der Waals surface area contributed by atoms with E-state index in [9.17, 15) is 5.11 Å². The van der Waals surface area contributed by atoms with E-state index in [0.717, 1.165) is 12.1 Å². The fourth-order valence-electron chi connectivity index (χ4n) is 3.12. The van der Waals surface area contributed by atoms with E-state index in [4.69, 9.17) is 0 Å². The Morgan fingerprint density at radius 1 is 0.963 bits per heavy atom. The molecular weight excluding hydrogens is 342 g/mol. The molecule has 0 radical (unpaired) electrons. The Hall–Kier alpha value is -3.81. The average molecular weight is 357 g/mol. The van der Waals surface area contributed by atoms with Crippen molar-refractivity contribution in [2.24, 2.45) is 0 Å². The molecule has 0 aliphatic carbocycles. The zero-order chi connectivity index (χ0) is 18.2. The molecule has 0 fully saturated rings. The van der Waals surface area contributed by atoms with Crippen molar-refractivity contribution in [1.29, 1.82) is 0 Å². The molecule has 5 rings (SSSR count). The number of benzene rings is 2. The molecular formula is C19H15N7O. The topological polar surface area (TPSA) is 87.8 Å². The smallest absolute Gasteiger partial charge is 0.316 e. The highest BCUT2D eigenvalue weighted by Crippen LogP contribution is 2.21. The minimum Gasteiger partial charge on any atom is -0.854 e. The number of aromatic nitrogens is 7. The predicted octanol–water partition coefficient (Wildman–Crippen LogP) is 1.07. The van der Waals surface area contributed by atoms with E-state index >= 15 is 0 Å². The van der Waals surface area contributed by atoms with Crippen LogP contribution in [0.5, 0.6) is 5.88 Å². The van der Waals surface area contributed by atoms with Gasteiger partial charge in [-0.15, -0.1) is 5.10 Å². The molecule has 0 unspecified atom stereocenters. The predicted molar refractivity (Wildman–Crippen MR) is 95.2 cm³/mol. The number of nitrogens with zero attached hydrogens (tertiary/aromatic N) is 7. The Bertz CT molecular complexity index is 1230. The fraction of sp³-hybridized carbons (Fsp3) is 0.105. The zero-order valence-electron chi connectivity index (χ0n) is 14.3. The first-order valence-electron chi connectivity index (χ1n) is 8.60. The summed E-state index contributed by atoms with van der Waals surface area (Å²) >= 11 is 0. The van der Waals surface area contributed by atoms with Crippen molar-refractivity contribution in [2.45, 2.75) is 13.0 Å².